The van der Waals surface area contributed by atoms with E-state index in [1.165, 1.54) is 24.8 Å². The highest BCUT2D eigenvalue weighted by Gasteiger charge is 2.33. The minimum atomic E-state index is -0.302. The van der Waals surface area contributed by atoms with Gasteiger partial charge in [0.2, 0.25) is 5.91 Å². The second-order valence-corrected chi connectivity index (χ2v) is 10.9. The van der Waals surface area contributed by atoms with Crippen LogP contribution in [0, 0.1) is 0 Å². The summed E-state index contributed by atoms with van der Waals surface area (Å²) >= 11 is 0. The van der Waals surface area contributed by atoms with Crippen LogP contribution in [0.2, 0.25) is 0 Å². The van der Waals surface area contributed by atoms with E-state index in [2.05, 4.69) is 11.0 Å². The third-order valence-electron chi connectivity index (χ3n) is 8.21. The number of anilines is 1. The first kappa shape index (κ1) is 26.7. The fourth-order valence-electron chi connectivity index (χ4n) is 6.10. The molecule has 3 aliphatic heterocycles. The maximum absolute atomic E-state index is 13.1. The summed E-state index contributed by atoms with van der Waals surface area (Å²) < 4.78 is 5.86. The number of benzene rings is 2. The number of aliphatic hydroxyl groups excluding tert-OH is 1. The molecule has 1 atom stereocenters. The molecule has 0 aliphatic carbocycles. The van der Waals surface area contributed by atoms with Crippen LogP contribution in [0.15, 0.2) is 48.5 Å². The Hall–Kier alpha value is -2.90. The zero-order valence-electron chi connectivity index (χ0n) is 22.4. The normalized spacial score (nSPS) is 19.8. The molecule has 2 aromatic carbocycles. The standard InChI is InChI=1S/C31H41N3O4/c35-27(23-32-18-4-1-5-19-32)8-6-22-38-28-13-10-25(11-14-28)31(37)33-20-16-26(17-21-33)34-29-9-3-2-7-24(29)12-15-30(34)36/h2-3,7,9-11,13-14,26-27,35H,1,4-6,8,12,15-23H2. The van der Waals surface area contributed by atoms with Crippen LogP contribution in [0.3, 0.4) is 0 Å². The predicted octanol–water partition coefficient (Wildman–Crippen LogP) is 4.28. The maximum Gasteiger partial charge on any atom is 0.253 e. The molecule has 5 rings (SSSR count). The van der Waals surface area contributed by atoms with E-state index in [1.54, 1.807) is 0 Å². The largest absolute Gasteiger partial charge is 0.494 e. The quantitative estimate of drug-likeness (QED) is 0.501. The summed E-state index contributed by atoms with van der Waals surface area (Å²) in [6.45, 7) is 4.80. The van der Waals surface area contributed by atoms with Crippen LogP contribution in [-0.2, 0) is 11.2 Å². The number of carbonyl (C=O) groups excluding carboxylic acids is 2. The van der Waals surface area contributed by atoms with Crippen molar-refractivity contribution < 1.29 is 19.4 Å². The summed E-state index contributed by atoms with van der Waals surface area (Å²) in [5.74, 6) is 0.967. The molecule has 2 fully saturated rings. The number of carbonyl (C=O) groups is 2. The SMILES string of the molecule is O=C(c1ccc(OCCCC(O)CN2CCCCC2)cc1)N1CCC(N2C(=O)CCc3ccccc32)CC1. The second-order valence-electron chi connectivity index (χ2n) is 10.9. The van der Waals surface area contributed by atoms with Crippen molar-refractivity contribution in [1.82, 2.24) is 9.80 Å². The summed E-state index contributed by atoms with van der Waals surface area (Å²) in [6.07, 6.45) is 7.96. The molecule has 0 bridgehead atoms. The molecule has 7 nitrogen and oxygen atoms in total. The number of fused-ring (bicyclic) bond motifs is 1. The topological polar surface area (TPSA) is 73.3 Å². The molecular formula is C31H41N3O4. The fraction of sp³-hybridized carbons (Fsp3) is 0.548. The number of rotatable bonds is 9. The Morgan fingerprint density at radius 3 is 2.45 bits per heavy atom. The Kier molecular flexibility index (Phi) is 8.97. The molecule has 1 N–H and O–H groups in total. The number of amides is 2. The van der Waals surface area contributed by atoms with Gasteiger partial charge in [-0.15, -0.1) is 0 Å². The number of aryl methyl sites for hydroxylation is 1. The zero-order valence-corrected chi connectivity index (χ0v) is 22.4. The lowest BCUT2D eigenvalue weighted by Crippen LogP contribution is -2.50. The summed E-state index contributed by atoms with van der Waals surface area (Å²) in [5, 5.41) is 10.3. The van der Waals surface area contributed by atoms with Crippen molar-refractivity contribution >= 4 is 17.5 Å². The van der Waals surface area contributed by atoms with Gasteiger partial charge in [0.05, 0.1) is 12.7 Å². The van der Waals surface area contributed by atoms with Gasteiger partial charge in [-0.2, -0.15) is 0 Å². The first-order chi connectivity index (χ1) is 18.6. The molecule has 0 saturated carbocycles. The predicted molar refractivity (Wildman–Crippen MR) is 149 cm³/mol. The lowest BCUT2D eigenvalue weighted by molar-refractivity contribution is -0.119. The Morgan fingerprint density at radius 1 is 0.947 bits per heavy atom. The maximum atomic E-state index is 13.1. The van der Waals surface area contributed by atoms with Crippen molar-refractivity contribution in [3.05, 3.63) is 59.7 Å². The lowest BCUT2D eigenvalue weighted by Gasteiger charge is -2.41. The van der Waals surface area contributed by atoms with Crippen LogP contribution < -0.4 is 9.64 Å². The van der Waals surface area contributed by atoms with Crippen LogP contribution in [0.5, 0.6) is 5.75 Å². The summed E-state index contributed by atoms with van der Waals surface area (Å²) in [5.41, 5.74) is 2.94. The highest BCUT2D eigenvalue weighted by molar-refractivity contribution is 5.97. The minimum absolute atomic E-state index is 0.0289. The third kappa shape index (κ3) is 6.56. The average Bonchev–Trinajstić information content (AvgIpc) is 2.96. The molecule has 1 unspecified atom stereocenters. The molecule has 3 heterocycles. The fourth-order valence-corrected chi connectivity index (χ4v) is 6.10. The number of ether oxygens (including phenoxy) is 1. The van der Waals surface area contributed by atoms with Crippen LogP contribution >= 0.6 is 0 Å². The van der Waals surface area contributed by atoms with Gasteiger partial charge < -0.3 is 24.5 Å². The number of piperidine rings is 2. The molecule has 2 amide bonds. The van der Waals surface area contributed by atoms with Gasteiger partial charge in [0.1, 0.15) is 5.75 Å². The number of para-hydroxylation sites is 1. The zero-order chi connectivity index (χ0) is 26.3. The number of hydrogen-bond acceptors (Lipinski definition) is 5. The van der Waals surface area contributed by atoms with Crippen molar-refractivity contribution in [2.75, 3.05) is 44.2 Å². The summed E-state index contributed by atoms with van der Waals surface area (Å²) in [4.78, 5) is 32.1. The highest BCUT2D eigenvalue weighted by Crippen LogP contribution is 2.32. The average molecular weight is 520 g/mol. The molecule has 2 saturated heterocycles. The lowest BCUT2D eigenvalue weighted by atomic mass is 9.95. The van der Waals surface area contributed by atoms with Crippen molar-refractivity contribution in [3.8, 4) is 5.75 Å². The van der Waals surface area contributed by atoms with Crippen LogP contribution in [0.1, 0.15) is 67.3 Å². The van der Waals surface area contributed by atoms with Gasteiger partial charge in [-0.25, -0.2) is 0 Å². The van der Waals surface area contributed by atoms with E-state index < -0.39 is 0 Å². The van der Waals surface area contributed by atoms with Crippen LogP contribution in [0.25, 0.3) is 0 Å². The highest BCUT2D eigenvalue weighted by atomic mass is 16.5. The first-order valence-corrected chi connectivity index (χ1v) is 14.4. The molecule has 7 heteroatoms. The van der Waals surface area contributed by atoms with E-state index in [0.29, 0.717) is 31.7 Å². The van der Waals surface area contributed by atoms with Gasteiger partial charge in [0.15, 0.2) is 0 Å². The van der Waals surface area contributed by atoms with Crippen LogP contribution in [0.4, 0.5) is 5.69 Å². The molecule has 204 valence electrons. The number of nitrogens with zero attached hydrogens (tertiary/aromatic N) is 3. The van der Waals surface area contributed by atoms with Crippen LogP contribution in [-0.4, -0.2) is 78.2 Å². The molecule has 3 aliphatic rings. The van der Waals surface area contributed by atoms with E-state index in [4.69, 9.17) is 4.74 Å². The summed E-state index contributed by atoms with van der Waals surface area (Å²) in [6, 6.07) is 15.7. The van der Waals surface area contributed by atoms with E-state index in [0.717, 1.165) is 63.2 Å². The summed E-state index contributed by atoms with van der Waals surface area (Å²) in [7, 11) is 0. The molecular weight excluding hydrogens is 478 g/mol. The molecule has 0 radical (unpaired) electrons. The Balaban J connectivity index is 1.05. The van der Waals surface area contributed by atoms with Crippen molar-refractivity contribution in [1.29, 1.82) is 0 Å². The second kappa shape index (κ2) is 12.8. The molecule has 2 aromatic rings. The Labute approximate surface area is 226 Å². The number of hydrogen-bond donors (Lipinski definition) is 1. The third-order valence-corrected chi connectivity index (χ3v) is 8.21. The number of β-amino-alcohol motifs (C(OH)–C–C–N with tert-alkyl or cyclic N) is 1. The van der Waals surface area contributed by atoms with E-state index in [1.807, 2.05) is 52.3 Å². The Morgan fingerprint density at radius 2 is 1.68 bits per heavy atom. The van der Waals surface area contributed by atoms with Gasteiger partial charge >= 0.3 is 0 Å². The van der Waals surface area contributed by atoms with Gasteiger partial charge in [0, 0.05) is 43.3 Å². The van der Waals surface area contributed by atoms with E-state index >= 15 is 0 Å². The van der Waals surface area contributed by atoms with Crippen molar-refractivity contribution in [3.63, 3.8) is 0 Å². The number of likely N-dealkylation sites (tertiary alicyclic amines) is 2. The number of aliphatic hydroxyl groups is 1. The van der Waals surface area contributed by atoms with E-state index in [9.17, 15) is 14.7 Å². The van der Waals surface area contributed by atoms with Gasteiger partial charge in [-0.1, -0.05) is 24.6 Å². The molecule has 0 aromatic heterocycles. The Bertz CT molecular complexity index is 1070. The van der Waals surface area contributed by atoms with Gasteiger partial charge in [0.25, 0.3) is 5.91 Å². The van der Waals surface area contributed by atoms with E-state index in [-0.39, 0.29) is 24.0 Å². The monoisotopic (exact) mass is 519 g/mol. The van der Waals surface area contributed by atoms with Crippen molar-refractivity contribution in [2.45, 2.75) is 69.9 Å². The van der Waals surface area contributed by atoms with Gasteiger partial charge in [-0.05, 0) is 93.9 Å². The molecule has 38 heavy (non-hydrogen) atoms. The first-order valence-electron chi connectivity index (χ1n) is 14.4. The van der Waals surface area contributed by atoms with Gasteiger partial charge in [-0.3, -0.25) is 9.59 Å². The smallest absolute Gasteiger partial charge is 0.253 e. The molecule has 0 spiro atoms. The minimum Gasteiger partial charge on any atom is -0.494 e. The van der Waals surface area contributed by atoms with Crippen molar-refractivity contribution in [2.24, 2.45) is 0 Å².